The Kier molecular flexibility index (Phi) is 4.18. The zero-order valence-electron chi connectivity index (χ0n) is 13.0. The summed E-state index contributed by atoms with van der Waals surface area (Å²) in [6.07, 6.45) is 11.7. The average Bonchev–Trinajstić information content (AvgIpc) is 3.26. The van der Waals surface area contributed by atoms with Crippen LogP contribution in [0.4, 0.5) is 0 Å². The molecule has 120 valence electrons. The van der Waals surface area contributed by atoms with E-state index >= 15 is 0 Å². The predicted molar refractivity (Wildman–Crippen MR) is 95.5 cm³/mol. The first-order valence-corrected chi connectivity index (χ1v) is 8.75. The van der Waals surface area contributed by atoms with E-state index in [4.69, 9.17) is 0 Å². The molecule has 1 aliphatic rings. The minimum atomic E-state index is 0.523. The first-order valence-electron chi connectivity index (χ1n) is 8.30. The third kappa shape index (κ3) is 3.05. The first kappa shape index (κ1) is 14.9. The van der Waals surface area contributed by atoms with Crippen LogP contribution in [0.1, 0.15) is 43.7 Å². The van der Waals surface area contributed by atoms with Gasteiger partial charge in [0.1, 0.15) is 0 Å². The molecule has 4 rings (SSSR count). The predicted octanol–water partition coefficient (Wildman–Crippen LogP) is 3.60. The van der Waals surface area contributed by atoms with Crippen molar-refractivity contribution in [3.63, 3.8) is 0 Å². The summed E-state index contributed by atoms with van der Waals surface area (Å²) >= 11 is 4.11. The van der Waals surface area contributed by atoms with E-state index in [2.05, 4.69) is 37.5 Å². The first-order chi connectivity index (χ1) is 11.4. The van der Waals surface area contributed by atoms with Crippen molar-refractivity contribution in [2.75, 3.05) is 6.54 Å². The fraction of sp³-hybridized carbons (Fsp3) is 0.471. The maximum atomic E-state index is 4.47. The number of hydrogen-bond donors (Lipinski definition) is 3. The maximum absolute atomic E-state index is 4.47. The molecule has 5 nitrogen and oxygen atoms in total. The number of rotatable bonds is 7. The minimum absolute atomic E-state index is 0.523. The van der Waals surface area contributed by atoms with Crippen LogP contribution in [0.2, 0.25) is 0 Å². The second-order valence-corrected chi connectivity index (χ2v) is 6.76. The normalized spacial score (nSPS) is 16.2. The van der Waals surface area contributed by atoms with Gasteiger partial charge in [0, 0.05) is 35.1 Å². The monoisotopic (exact) mass is 327 g/mol. The lowest BCUT2D eigenvalue weighted by Gasteiger charge is -2.19. The van der Waals surface area contributed by atoms with E-state index < -0.39 is 0 Å². The van der Waals surface area contributed by atoms with Gasteiger partial charge in [-0.25, -0.2) is 15.0 Å². The van der Waals surface area contributed by atoms with Gasteiger partial charge in [0.05, 0.1) is 18.0 Å². The number of aromatic nitrogens is 4. The average molecular weight is 327 g/mol. The molecule has 0 bridgehead atoms. The third-order valence-corrected chi connectivity index (χ3v) is 4.99. The standard InChI is InChI=1S/C17H21N5S/c23-22-6-1-2-12(8-11-3-4-11)16-15-13-5-7-18-17(13)19-9-14(15)20-10-21-16/h5,7,9-12,22-23H,1-4,6,8H2,(H,20,21). The summed E-state index contributed by atoms with van der Waals surface area (Å²) in [6, 6.07) is 2.05. The highest BCUT2D eigenvalue weighted by Gasteiger charge is 2.28. The second kappa shape index (κ2) is 6.45. The molecule has 3 aromatic heterocycles. The van der Waals surface area contributed by atoms with Gasteiger partial charge in [-0.1, -0.05) is 25.7 Å². The number of nitrogens with one attached hydrogen (secondary N) is 2. The summed E-state index contributed by atoms with van der Waals surface area (Å²) in [6.45, 7) is 0.933. The van der Waals surface area contributed by atoms with Gasteiger partial charge in [-0.3, -0.25) is 4.72 Å². The topological polar surface area (TPSA) is 66.5 Å². The maximum Gasteiger partial charge on any atom is 0.159 e. The van der Waals surface area contributed by atoms with Gasteiger partial charge in [0.15, 0.2) is 5.65 Å². The van der Waals surface area contributed by atoms with Gasteiger partial charge in [0.25, 0.3) is 0 Å². The van der Waals surface area contributed by atoms with Crippen LogP contribution < -0.4 is 4.72 Å². The number of thiol groups is 1. The molecule has 1 fully saturated rings. The summed E-state index contributed by atoms with van der Waals surface area (Å²) in [7, 11) is 0. The van der Waals surface area contributed by atoms with Crippen LogP contribution in [0.25, 0.3) is 21.9 Å². The van der Waals surface area contributed by atoms with E-state index in [1.54, 1.807) is 6.33 Å². The van der Waals surface area contributed by atoms with E-state index in [1.165, 1.54) is 30.3 Å². The van der Waals surface area contributed by atoms with Crippen molar-refractivity contribution < 1.29 is 0 Å². The number of fused-ring (bicyclic) bond motifs is 3. The van der Waals surface area contributed by atoms with Crippen LogP contribution in [0.3, 0.4) is 0 Å². The molecule has 1 atom stereocenters. The highest BCUT2D eigenvalue weighted by atomic mass is 32.1. The van der Waals surface area contributed by atoms with Crippen molar-refractivity contribution in [2.24, 2.45) is 5.92 Å². The molecule has 1 aliphatic carbocycles. The second-order valence-electron chi connectivity index (χ2n) is 6.44. The molecule has 0 radical (unpaired) electrons. The van der Waals surface area contributed by atoms with Gasteiger partial charge in [-0.05, 0) is 31.2 Å². The van der Waals surface area contributed by atoms with Crippen LogP contribution in [-0.4, -0.2) is 26.5 Å². The highest BCUT2D eigenvalue weighted by molar-refractivity contribution is 7.78. The Morgan fingerprint density at radius 1 is 1.30 bits per heavy atom. The molecule has 1 saturated carbocycles. The summed E-state index contributed by atoms with van der Waals surface area (Å²) < 4.78 is 2.96. The molecule has 1 unspecified atom stereocenters. The van der Waals surface area contributed by atoms with Crippen molar-refractivity contribution >= 4 is 34.8 Å². The zero-order valence-corrected chi connectivity index (χ0v) is 13.9. The summed E-state index contributed by atoms with van der Waals surface area (Å²) in [5.41, 5.74) is 3.05. The Bertz CT molecular complexity index is 811. The van der Waals surface area contributed by atoms with E-state index in [0.29, 0.717) is 5.92 Å². The van der Waals surface area contributed by atoms with Crippen LogP contribution in [0.5, 0.6) is 0 Å². The van der Waals surface area contributed by atoms with Crippen LogP contribution >= 0.6 is 12.8 Å². The quantitative estimate of drug-likeness (QED) is 0.458. The molecule has 3 heterocycles. The molecule has 0 amide bonds. The fourth-order valence-electron chi connectivity index (χ4n) is 3.46. The Balaban J connectivity index is 1.78. The van der Waals surface area contributed by atoms with Crippen LogP contribution in [0.15, 0.2) is 24.8 Å². The lowest BCUT2D eigenvalue weighted by molar-refractivity contribution is 0.514. The fourth-order valence-corrected chi connectivity index (χ4v) is 3.62. The summed E-state index contributed by atoms with van der Waals surface area (Å²) in [5.74, 6) is 1.41. The molecule has 0 aliphatic heterocycles. The van der Waals surface area contributed by atoms with Gasteiger partial charge in [-0.15, -0.1) is 0 Å². The Labute approximate surface area is 140 Å². The molecular weight excluding hydrogens is 306 g/mol. The van der Waals surface area contributed by atoms with E-state index in [9.17, 15) is 0 Å². The number of aromatic amines is 1. The molecule has 0 aromatic carbocycles. The Hall–Kier alpha value is -1.66. The van der Waals surface area contributed by atoms with Crippen LogP contribution in [0, 0.1) is 5.92 Å². The van der Waals surface area contributed by atoms with Gasteiger partial charge < -0.3 is 4.98 Å². The number of pyridine rings is 1. The number of nitrogens with zero attached hydrogens (tertiary/aromatic N) is 3. The van der Waals surface area contributed by atoms with E-state index in [0.717, 1.165) is 41.9 Å². The van der Waals surface area contributed by atoms with Gasteiger partial charge in [-0.2, -0.15) is 0 Å². The smallest absolute Gasteiger partial charge is 0.159 e. The van der Waals surface area contributed by atoms with E-state index in [1.807, 2.05) is 18.5 Å². The van der Waals surface area contributed by atoms with Gasteiger partial charge in [0.2, 0.25) is 0 Å². The minimum Gasteiger partial charge on any atom is -0.349 e. The summed E-state index contributed by atoms with van der Waals surface area (Å²) in [5, 5.41) is 2.30. The summed E-state index contributed by atoms with van der Waals surface area (Å²) in [4.78, 5) is 16.7. The number of H-pyrrole nitrogens is 1. The molecule has 3 aromatic rings. The van der Waals surface area contributed by atoms with Gasteiger partial charge >= 0.3 is 0 Å². The molecular formula is C17H21N5S. The van der Waals surface area contributed by atoms with Crippen molar-refractivity contribution in [1.82, 2.24) is 24.7 Å². The third-order valence-electron chi connectivity index (χ3n) is 4.77. The molecule has 0 spiro atoms. The SMILES string of the molecule is SNCCCC(CC1CC1)c1[nH]cnc2cnc3nccc3c12. The molecule has 6 heteroatoms. The van der Waals surface area contributed by atoms with Crippen molar-refractivity contribution in [1.29, 1.82) is 0 Å². The van der Waals surface area contributed by atoms with Crippen molar-refractivity contribution in [3.05, 3.63) is 30.5 Å². The van der Waals surface area contributed by atoms with E-state index in [-0.39, 0.29) is 0 Å². The largest absolute Gasteiger partial charge is 0.349 e. The molecule has 0 saturated heterocycles. The van der Waals surface area contributed by atoms with Crippen LogP contribution in [-0.2, 0) is 0 Å². The van der Waals surface area contributed by atoms with Crippen molar-refractivity contribution in [2.45, 2.75) is 38.0 Å². The Morgan fingerprint density at radius 2 is 2.22 bits per heavy atom. The Morgan fingerprint density at radius 3 is 3.04 bits per heavy atom. The lowest BCUT2D eigenvalue weighted by Crippen LogP contribution is -2.09. The molecule has 2 N–H and O–H groups in total. The zero-order chi connectivity index (χ0) is 15.6. The number of hydrogen-bond acceptors (Lipinski definition) is 5. The van der Waals surface area contributed by atoms with Crippen molar-refractivity contribution in [3.8, 4) is 0 Å². The lowest BCUT2D eigenvalue weighted by atomic mass is 9.90. The molecule has 23 heavy (non-hydrogen) atoms. The highest BCUT2D eigenvalue weighted by Crippen LogP contribution is 2.42.